The van der Waals surface area contributed by atoms with Crippen molar-refractivity contribution in [1.29, 1.82) is 0 Å². The van der Waals surface area contributed by atoms with Crippen LogP contribution in [0.2, 0.25) is 0 Å². The zero-order valence-electron chi connectivity index (χ0n) is 39.0. The third-order valence-electron chi connectivity index (χ3n) is 14.0. The van der Waals surface area contributed by atoms with Gasteiger partial charge in [0.2, 0.25) is 0 Å². The maximum Gasteiger partial charge on any atom is 0.0792 e. The van der Waals surface area contributed by atoms with E-state index < -0.39 is 0 Å². The van der Waals surface area contributed by atoms with Crippen molar-refractivity contribution in [3.63, 3.8) is 0 Å². The third-order valence-corrected chi connectivity index (χ3v) is 18.7. The van der Waals surface area contributed by atoms with Crippen molar-refractivity contribution < 1.29 is 0 Å². The number of hydrogen-bond acceptors (Lipinski definition) is 4. The molecule has 6 aromatic heterocycles. The molecule has 0 spiro atoms. The molecule has 6 rings (SSSR count). The minimum atomic E-state index is 0.774. The normalized spacial score (nSPS) is 13.5. The van der Waals surface area contributed by atoms with E-state index in [2.05, 4.69) is 82.4 Å². The van der Waals surface area contributed by atoms with E-state index in [0.717, 1.165) is 11.8 Å². The number of unbranched alkanes of at least 4 members (excludes halogenated alkanes) is 24. The summed E-state index contributed by atoms with van der Waals surface area (Å²) in [6.07, 6.45) is 45.1. The van der Waals surface area contributed by atoms with Gasteiger partial charge in [-0.15, -0.1) is 45.3 Å². The highest BCUT2D eigenvalue weighted by molar-refractivity contribution is 7.39. The Kier molecular flexibility index (Phi) is 21.7. The number of thiophene rings is 4. The van der Waals surface area contributed by atoms with Crippen molar-refractivity contribution >= 4 is 95.6 Å². The molecule has 0 aromatic carbocycles. The highest BCUT2D eigenvalue weighted by Gasteiger charge is 2.27. The Morgan fingerprint density at radius 2 is 0.617 bits per heavy atom. The fourth-order valence-electron chi connectivity index (χ4n) is 10.4. The Bertz CT molecular complexity index is 1880. The van der Waals surface area contributed by atoms with Crippen molar-refractivity contribution in [2.24, 2.45) is 11.8 Å². The zero-order chi connectivity index (χ0) is 41.8. The second-order valence-corrected chi connectivity index (χ2v) is 23.0. The molecule has 0 fully saturated rings. The number of nitrogens with zero attached hydrogens (tertiary/aromatic N) is 2. The Hall–Kier alpha value is -1.34. The van der Waals surface area contributed by atoms with Crippen molar-refractivity contribution in [3.8, 4) is 0 Å². The van der Waals surface area contributed by atoms with Crippen LogP contribution in [0.5, 0.6) is 0 Å². The molecule has 0 bridgehead atoms. The van der Waals surface area contributed by atoms with Crippen molar-refractivity contribution in [1.82, 2.24) is 9.13 Å². The molecule has 6 heterocycles. The van der Waals surface area contributed by atoms with Crippen LogP contribution in [0.25, 0.3) is 50.3 Å². The van der Waals surface area contributed by atoms with Gasteiger partial charge in [-0.2, -0.15) is 0 Å². The van der Waals surface area contributed by atoms with Crippen LogP contribution in [0.15, 0.2) is 22.9 Å². The first-order chi connectivity index (χ1) is 29.7. The molecular formula is C54H86N2S4. The molecule has 2 unspecified atom stereocenters. The largest absolute Gasteiger partial charge is 0.338 e. The van der Waals surface area contributed by atoms with Gasteiger partial charge in [-0.05, 0) is 60.4 Å². The molecule has 0 amide bonds. The molecule has 0 aliphatic carbocycles. The van der Waals surface area contributed by atoms with E-state index in [1.165, 1.54) is 230 Å². The molecule has 0 N–H and O–H groups in total. The van der Waals surface area contributed by atoms with E-state index in [4.69, 9.17) is 0 Å². The number of aromatic nitrogens is 2. The van der Waals surface area contributed by atoms with Crippen LogP contribution in [-0.2, 0) is 13.1 Å². The Morgan fingerprint density at radius 3 is 0.917 bits per heavy atom. The van der Waals surface area contributed by atoms with Gasteiger partial charge in [-0.25, -0.2) is 0 Å². The Morgan fingerprint density at radius 1 is 0.350 bits per heavy atom. The summed E-state index contributed by atoms with van der Waals surface area (Å²) in [6, 6.07) is 4.92. The van der Waals surface area contributed by atoms with Crippen LogP contribution >= 0.6 is 45.3 Å². The van der Waals surface area contributed by atoms with Crippen molar-refractivity contribution in [2.45, 2.75) is 246 Å². The second kappa shape index (κ2) is 27.1. The smallest absolute Gasteiger partial charge is 0.0792 e. The van der Waals surface area contributed by atoms with Crippen molar-refractivity contribution in [2.75, 3.05) is 0 Å². The highest BCUT2D eigenvalue weighted by atomic mass is 32.1. The molecule has 0 radical (unpaired) electrons. The molecule has 6 heteroatoms. The van der Waals surface area contributed by atoms with Crippen LogP contribution in [0.3, 0.4) is 0 Å². The van der Waals surface area contributed by atoms with Gasteiger partial charge in [0.15, 0.2) is 0 Å². The van der Waals surface area contributed by atoms with Crippen LogP contribution < -0.4 is 0 Å². The number of fused-ring (bicyclic) bond motifs is 9. The predicted octanol–water partition coefficient (Wildman–Crippen LogP) is 21.1. The topological polar surface area (TPSA) is 9.86 Å². The highest BCUT2D eigenvalue weighted by Crippen LogP contribution is 2.52. The first kappa shape index (κ1) is 48.1. The summed E-state index contributed by atoms with van der Waals surface area (Å²) in [5, 5.41) is 4.75. The summed E-state index contributed by atoms with van der Waals surface area (Å²) in [4.78, 5) is 0. The summed E-state index contributed by atoms with van der Waals surface area (Å²) in [7, 11) is 0. The minimum Gasteiger partial charge on any atom is -0.338 e. The van der Waals surface area contributed by atoms with E-state index in [1.807, 2.05) is 22.7 Å². The Labute approximate surface area is 383 Å². The standard InChI is InChI=1S/C54H86N2S4/c1-5-9-13-17-21-23-27-31-35-43(33-29-25-19-15-11-7-3)41-55-45-37-39-57-49(45)51-47(55)53-54(59-51)48-52(60-53)50-46(38-40-58-50)56(48)42-44(34-30-26-20-16-12-8-4)36-32-28-24-22-18-14-10-6-2/h37-40,43-44H,5-36,41-42H2,1-4H3. The van der Waals surface area contributed by atoms with Crippen LogP contribution in [0, 0.1) is 11.8 Å². The van der Waals surface area contributed by atoms with E-state index in [0.29, 0.717) is 0 Å². The molecule has 0 aliphatic rings. The van der Waals surface area contributed by atoms with Gasteiger partial charge in [0, 0.05) is 13.1 Å². The van der Waals surface area contributed by atoms with E-state index >= 15 is 0 Å². The van der Waals surface area contributed by atoms with Crippen LogP contribution in [0.1, 0.15) is 233 Å². The van der Waals surface area contributed by atoms with Crippen molar-refractivity contribution in [3.05, 3.63) is 22.9 Å². The molecule has 2 atom stereocenters. The monoisotopic (exact) mass is 891 g/mol. The molecule has 2 nitrogen and oxygen atoms in total. The fraction of sp³-hybridized carbons (Fsp3) is 0.741. The van der Waals surface area contributed by atoms with Gasteiger partial charge in [-0.1, -0.05) is 207 Å². The number of rotatable bonds is 36. The summed E-state index contributed by atoms with van der Waals surface area (Å²) in [5.41, 5.74) is 6.19. The quantitative estimate of drug-likeness (QED) is 0.0348. The van der Waals surface area contributed by atoms with E-state index in [1.54, 1.807) is 39.2 Å². The second-order valence-electron chi connectivity index (χ2n) is 19.1. The fourth-order valence-corrected chi connectivity index (χ4v) is 15.4. The maximum absolute atomic E-state index is 2.85. The van der Waals surface area contributed by atoms with Gasteiger partial charge >= 0.3 is 0 Å². The lowest BCUT2D eigenvalue weighted by molar-refractivity contribution is 0.364. The first-order valence-electron chi connectivity index (χ1n) is 26.0. The zero-order valence-corrected chi connectivity index (χ0v) is 42.3. The Balaban J connectivity index is 1.24. The van der Waals surface area contributed by atoms with Gasteiger partial charge in [0.1, 0.15) is 0 Å². The first-order valence-corrected chi connectivity index (χ1v) is 29.4. The molecule has 60 heavy (non-hydrogen) atoms. The van der Waals surface area contributed by atoms with Gasteiger partial charge in [0.05, 0.1) is 50.3 Å². The average molecular weight is 892 g/mol. The minimum absolute atomic E-state index is 0.774. The molecule has 0 aliphatic heterocycles. The molecule has 0 saturated carbocycles. The third kappa shape index (κ3) is 13.4. The van der Waals surface area contributed by atoms with E-state index in [9.17, 15) is 0 Å². The molecule has 6 aromatic rings. The summed E-state index contributed by atoms with van der Waals surface area (Å²) in [5.74, 6) is 1.55. The average Bonchev–Trinajstić information content (AvgIpc) is 4.11. The van der Waals surface area contributed by atoms with Gasteiger partial charge < -0.3 is 9.13 Å². The summed E-state index contributed by atoms with van der Waals surface area (Å²) in [6.45, 7) is 11.7. The van der Waals surface area contributed by atoms with Crippen LogP contribution in [0.4, 0.5) is 0 Å². The molecule has 0 saturated heterocycles. The molecular weight excluding hydrogens is 805 g/mol. The summed E-state index contributed by atoms with van der Waals surface area (Å²) < 4.78 is 15.1. The lowest BCUT2D eigenvalue weighted by Gasteiger charge is -2.19. The van der Waals surface area contributed by atoms with Gasteiger partial charge in [-0.3, -0.25) is 0 Å². The lowest BCUT2D eigenvalue weighted by atomic mass is 9.93. The predicted molar refractivity (Wildman–Crippen MR) is 279 cm³/mol. The molecule has 336 valence electrons. The summed E-state index contributed by atoms with van der Waals surface area (Å²) >= 11 is 8.28. The number of hydrogen-bond donors (Lipinski definition) is 0. The van der Waals surface area contributed by atoms with Gasteiger partial charge in [0.25, 0.3) is 0 Å². The lowest BCUT2D eigenvalue weighted by Crippen LogP contribution is -2.11. The van der Waals surface area contributed by atoms with Crippen LogP contribution in [-0.4, -0.2) is 9.13 Å². The SMILES string of the molecule is CCCCCCCCCCC(CCCCCCCC)Cn1c2ccsc2c2sc3c(sc4c5sccc5n(CC(CCCCCCCC)CCCCCCCCCC)c43)c21. The van der Waals surface area contributed by atoms with E-state index in [-0.39, 0.29) is 0 Å². The maximum atomic E-state index is 2.85.